The van der Waals surface area contributed by atoms with Gasteiger partial charge >= 0.3 is 43.7 Å². The van der Waals surface area contributed by atoms with Crippen LogP contribution in [0.3, 0.4) is 0 Å². The maximum absolute atomic E-state index is 12.8. The number of hydrogen-bond donors (Lipinski definition) is 2. The first-order valence-corrected chi connectivity index (χ1v) is 3.55. The van der Waals surface area contributed by atoms with Crippen molar-refractivity contribution in [3.63, 3.8) is 0 Å². The molecule has 0 fully saturated rings. The van der Waals surface area contributed by atoms with E-state index in [0.29, 0.717) is 5.56 Å². The fraction of sp³-hybridized carbons (Fsp3) is 0. The molecule has 0 unspecified atom stereocenters. The van der Waals surface area contributed by atoms with Gasteiger partial charge in [-0.3, -0.25) is 0 Å². The Balaban J connectivity index is -0.000000563. The van der Waals surface area contributed by atoms with Crippen LogP contribution in [0, 0.1) is 5.82 Å². The number of anilines is 1. The van der Waals surface area contributed by atoms with Crippen LogP contribution in [0.4, 0.5) is 10.1 Å². The largest absolute Gasteiger partial charge is 2.00 e. The summed E-state index contributed by atoms with van der Waals surface area (Å²) in [6, 6.07) is 4.10. The second-order valence-electron chi connectivity index (χ2n) is 2.45. The van der Waals surface area contributed by atoms with Crippen molar-refractivity contribution in [1.29, 1.82) is 0 Å². The van der Waals surface area contributed by atoms with E-state index in [1.807, 2.05) is 0 Å². The predicted molar refractivity (Wildman–Crippen MR) is 55.5 cm³/mol. The van der Waals surface area contributed by atoms with Crippen LogP contribution in [0.5, 0.6) is 0 Å². The molecule has 3 N–H and O–H groups in total. The Labute approximate surface area is 113 Å². The summed E-state index contributed by atoms with van der Waals surface area (Å²) in [5.41, 5.74) is 5.74. The summed E-state index contributed by atoms with van der Waals surface area (Å²) in [5, 5.41) is 8.29. The molecule has 0 aliphatic carbocycles. The van der Waals surface area contributed by atoms with E-state index in [1.165, 1.54) is 24.3 Å². The van der Waals surface area contributed by atoms with Gasteiger partial charge in [0.25, 0.3) is 0 Å². The van der Waals surface area contributed by atoms with E-state index in [4.69, 9.17) is 10.8 Å². The Morgan fingerprint density at radius 1 is 1.57 bits per heavy atom. The number of carboxylic acid groups (broad SMARTS) is 1. The first-order valence-electron chi connectivity index (χ1n) is 3.55. The molecule has 0 saturated carbocycles. The van der Waals surface area contributed by atoms with Gasteiger partial charge in [0.2, 0.25) is 0 Å². The first-order chi connectivity index (χ1) is 6.09. The second kappa shape index (κ2) is 6.01. The van der Waals surface area contributed by atoms with Gasteiger partial charge in [0.05, 0.1) is 5.69 Å². The molecule has 5 heteroatoms. The summed E-state index contributed by atoms with van der Waals surface area (Å²) >= 11 is 0. The molecule has 3 nitrogen and oxygen atoms in total. The molecule has 0 heterocycles. The topological polar surface area (TPSA) is 63.3 Å². The van der Waals surface area contributed by atoms with E-state index in [2.05, 4.69) is 0 Å². The van der Waals surface area contributed by atoms with Crippen LogP contribution in [0.25, 0.3) is 6.08 Å². The number of nitrogen functional groups attached to an aromatic ring is 1. The van der Waals surface area contributed by atoms with Gasteiger partial charge < -0.3 is 13.7 Å². The van der Waals surface area contributed by atoms with Crippen molar-refractivity contribution >= 4 is 55.5 Å². The van der Waals surface area contributed by atoms with Crippen molar-refractivity contribution < 1.29 is 17.1 Å². The summed E-state index contributed by atoms with van der Waals surface area (Å²) < 4.78 is 12.8. The average Bonchev–Trinajstić information content (AvgIpc) is 2.07. The van der Waals surface area contributed by atoms with Crippen LogP contribution in [-0.4, -0.2) is 48.8 Å². The van der Waals surface area contributed by atoms with E-state index in [9.17, 15) is 9.18 Å². The zero-order valence-electron chi connectivity index (χ0n) is 9.40. The van der Waals surface area contributed by atoms with Crippen LogP contribution in [0.1, 0.15) is 8.42 Å². The molecule has 0 aliphatic rings. The summed E-state index contributed by atoms with van der Waals surface area (Å²) in [6.07, 6.45) is 2.23. The quantitative estimate of drug-likeness (QED) is 0.452. The van der Waals surface area contributed by atoms with Gasteiger partial charge in [0, 0.05) is 6.08 Å². The van der Waals surface area contributed by atoms with E-state index in [1.54, 1.807) is 0 Å². The molecule has 14 heavy (non-hydrogen) atoms. The van der Waals surface area contributed by atoms with Gasteiger partial charge in [-0.05, 0) is 23.8 Å². The van der Waals surface area contributed by atoms with E-state index < -0.39 is 11.8 Å². The molecule has 0 amide bonds. The molecule has 0 atom stereocenters. The minimum atomic E-state index is -1.07. The number of aliphatic carboxylic acids is 1. The predicted octanol–water partition coefficient (Wildman–Crippen LogP) is 1.35. The van der Waals surface area contributed by atoms with Crippen LogP contribution in [0.2, 0.25) is 0 Å². The van der Waals surface area contributed by atoms with Crippen molar-refractivity contribution in [2.24, 2.45) is 0 Å². The number of carbonyl (C=O) groups is 1. The molecule has 0 bridgehead atoms. The smallest absolute Gasteiger partial charge is 1.00 e. The summed E-state index contributed by atoms with van der Waals surface area (Å²) in [6.45, 7) is 0. The normalized spacial score (nSPS) is 9.79. The van der Waals surface area contributed by atoms with Gasteiger partial charge in [-0.25, -0.2) is 9.18 Å². The number of carboxylic acids is 1. The maximum Gasteiger partial charge on any atom is 2.00 e. The van der Waals surface area contributed by atoms with Crippen LogP contribution in [-0.2, 0) is 4.79 Å². The fourth-order valence-electron chi connectivity index (χ4n) is 0.815. The van der Waals surface area contributed by atoms with E-state index in [-0.39, 0.29) is 46.3 Å². The molecule has 0 saturated heterocycles. The standard InChI is InChI=1S/C9H8FNO2.Ca.2H/c10-7-5-6(1-3-8(7)11)2-4-9(12)13;;;/h1-5H,11H2,(H,12,13);;;/q;+2;2*-1. The number of nitrogens with two attached hydrogens (primary N) is 1. The van der Waals surface area contributed by atoms with Gasteiger partial charge in [0.1, 0.15) is 5.82 Å². The number of rotatable bonds is 2. The van der Waals surface area contributed by atoms with Crippen molar-refractivity contribution in [3.8, 4) is 0 Å². The van der Waals surface area contributed by atoms with Gasteiger partial charge in [-0.15, -0.1) is 0 Å². The third-order valence-corrected chi connectivity index (χ3v) is 1.44. The molecule has 1 rings (SSSR count). The Bertz CT molecular complexity index is 375. The zero-order chi connectivity index (χ0) is 9.84. The fourth-order valence-corrected chi connectivity index (χ4v) is 0.815. The monoisotopic (exact) mass is 223 g/mol. The summed E-state index contributed by atoms with van der Waals surface area (Å²) in [7, 11) is 0. The molecule has 72 valence electrons. The summed E-state index contributed by atoms with van der Waals surface area (Å²) in [5.74, 6) is -1.62. The van der Waals surface area contributed by atoms with E-state index >= 15 is 0 Å². The molecule has 1 aromatic carbocycles. The summed E-state index contributed by atoms with van der Waals surface area (Å²) in [4.78, 5) is 10.1. The number of benzene rings is 1. The minimum Gasteiger partial charge on any atom is -1.00 e. The Kier molecular flexibility index (Phi) is 5.76. The molecular formula is C9H10CaFNO2. The van der Waals surface area contributed by atoms with Crippen molar-refractivity contribution in [3.05, 3.63) is 35.7 Å². The number of halogens is 1. The Hall–Kier alpha value is -0.580. The molecular weight excluding hydrogens is 213 g/mol. The number of hydrogen-bond acceptors (Lipinski definition) is 2. The molecule has 0 radical (unpaired) electrons. The third kappa shape index (κ3) is 4.09. The molecule has 0 aliphatic heterocycles. The second-order valence-corrected chi connectivity index (χ2v) is 2.45. The Morgan fingerprint density at radius 3 is 2.71 bits per heavy atom. The van der Waals surface area contributed by atoms with Crippen molar-refractivity contribution in [1.82, 2.24) is 0 Å². The van der Waals surface area contributed by atoms with Crippen LogP contribution < -0.4 is 5.73 Å². The van der Waals surface area contributed by atoms with Crippen molar-refractivity contribution in [2.45, 2.75) is 0 Å². The molecule has 0 spiro atoms. The van der Waals surface area contributed by atoms with Gasteiger partial charge in [-0.1, -0.05) is 6.07 Å². The van der Waals surface area contributed by atoms with Crippen LogP contribution in [0.15, 0.2) is 24.3 Å². The average molecular weight is 223 g/mol. The SMILES string of the molecule is Nc1ccc(C=CC(=O)O)cc1F.[Ca+2].[H-].[H-]. The minimum absolute atomic E-state index is 0. The molecule has 0 aromatic heterocycles. The first kappa shape index (κ1) is 13.4. The molecule has 1 aromatic rings. The Morgan fingerprint density at radius 2 is 2.21 bits per heavy atom. The van der Waals surface area contributed by atoms with Gasteiger partial charge in [-0.2, -0.15) is 0 Å². The van der Waals surface area contributed by atoms with Gasteiger partial charge in [0.15, 0.2) is 0 Å². The zero-order valence-corrected chi connectivity index (χ0v) is 9.61. The maximum atomic E-state index is 12.8. The van der Waals surface area contributed by atoms with Crippen molar-refractivity contribution in [2.75, 3.05) is 5.73 Å². The van der Waals surface area contributed by atoms with E-state index in [0.717, 1.165) is 6.08 Å². The third-order valence-electron chi connectivity index (χ3n) is 1.44. The van der Waals surface area contributed by atoms with Crippen LogP contribution >= 0.6 is 0 Å².